The number of carbonyl (C=O) groups is 4. The molecule has 4 atom stereocenters. The highest BCUT2D eigenvalue weighted by Gasteiger charge is 2.67. The van der Waals surface area contributed by atoms with E-state index >= 15 is 0 Å². The zero-order valence-electron chi connectivity index (χ0n) is 39.9. The maximum absolute atomic E-state index is 14.0. The molecule has 0 unspecified atom stereocenters. The highest BCUT2D eigenvalue weighted by Crippen LogP contribution is 2.61. The van der Waals surface area contributed by atoms with Crippen molar-refractivity contribution in [1.29, 1.82) is 0 Å². The van der Waals surface area contributed by atoms with Crippen LogP contribution in [-0.2, 0) is 19.2 Å². The molecule has 4 amide bonds. The average molecular weight is 1090 g/mol. The third-order valence-electron chi connectivity index (χ3n) is 15.7. The number of fused-ring (bicyclic) bond motifs is 2. The molecule has 2 saturated heterocycles. The summed E-state index contributed by atoms with van der Waals surface area (Å²) in [5, 5.41) is 11.7. The smallest absolute Gasteiger partial charge is 0.236 e. The van der Waals surface area contributed by atoms with Gasteiger partial charge in [0.2, 0.25) is 23.6 Å². The van der Waals surface area contributed by atoms with Crippen molar-refractivity contribution >= 4 is 73.7 Å². The number of aromatic nitrogens is 2. The number of halogens is 3. The van der Waals surface area contributed by atoms with Crippen LogP contribution in [-0.4, -0.2) is 44.8 Å². The molecule has 4 heterocycles. The number of nitrogens with one attached hydrogen (secondary N) is 3. The van der Waals surface area contributed by atoms with E-state index in [1.807, 2.05) is 107 Å². The van der Waals surface area contributed by atoms with Crippen molar-refractivity contribution in [3.8, 4) is 11.4 Å². The zero-order valence-corrected chi connectivity index (χ0v) is 42.1. The van der Waals surface area contributed by atoms with Crippen LogP contribution in [0.4, 0.5) is 14.5 Å². The van der Waals surface area contributed by atoms with E-state index in [0.29, 0.717) is 0 Å². The number of hydrogen-bond donors (Lipinski definition) is 3. The van der Waals surface area contributed by atoms with Gasteiger partial charge in [-0.3, -0.25) is 19.2 Å². The lowest BCUT2D eigenvalue weighted by molar-refractivity contribution is -0.126. The van der Waals surface area contributed by atoms with Crippen LogP contribution in [0.3, 0.4) is 0 Å². The monoisotopic (exact) mass is 1090 g/mol. The normalized spacial score (nSPS) is 21.8. The fourth-order valence-electron chi connectivity index (χ4n) is 11.0. The molecule has 0 radical (unpaired) electrons. The lowest BCUT2D eigenvalue weighted by Crippen LogP contribution is -2.44. The van der Waals surface area contributed by atoms with E-state index in [2.05, 4.69) is 67.4 Å². The van der Waals surface area contributed by atoms with Gasteiger partial charge >= 0.3 is 0 Å². The van der Waals surface area contributed by atoms with Gasteiger partial charge in [-0.15, -0.1) is 0 Å². The molecular weight excluding hydrogens is 1030 g/mol. The van der Waals surface area contributed by atoms with Crippen molar-refractivity contribution in [2.75, 3.05) is 4.90 Å². The Labute approximate surface area is 435 Å². The molecule has 6 aliphatic rings. The molecule has 13 heteroatoms. The summed E-state index contributed by atoms with van der Waals surface area (Å²) in [4.78, 5) is 53.1. The van der Waals surface area contributed by atoms with E-state index in [9.17, 15) is 28.0 Å². The highest BCUT2D eigenvalue weighted by atomic mass is 127. The summed E-state index contributed by atoms with van der Waals surface area (Å²) in [5.74, 6) is 0.186. The number of amides is 4. The number of anilines is 1. The van der Waals surface area contributed by atoms with Gasteiger partial charge < -0.3 is 30.0 Å². The highest BCUT2D eigenvalue weighted by molar-refractivity contribution is 14.1. The van der Waals surface area contributed by atoms with Crippen molar-refractivity contribution in [1.82, 2.24) is 25.1 Å². The SMILES string of the molecule is Fc1ccc(-n2ccc3cc(I)ccc32)cc1.O=C(N[C@@H]1[C@@H](c2ccccc2)N(c2ccc3c(ccn3-c3ccc(F)cc3)c2)C(=O)C12CC2)C1CC1.O=C(N[C@@H]1[C@@H](c2ccccc2)NC(=O)C12CC2)C1CC1. The van der Waals surface area contributed by atoms with E-state index in [0.717, 1.165) is 96.0 Å². The third-order valence-corrected chi connectivity index (χ3v) is 16.4. The quantitative estimate of drug-likeness (QED) is 0.125. The number of benzene rings is 6. The molecule has 4 aliphatic carbocycles. The van der Waals surface area contributed by atoms with Gasteiger partial charge in [0.05, 0.1) is 46.0 Å². The summed E-state index contributed by atoms with van der Waals surface area (Å²) >= 11 is 2.30. The topological polar surface area (TPSA) is 117 Å². The zero-order chi connectivity index (χ0) is 50.0. The number of nitrogens with zero attached hydrogens (tertiary/aromatic N) is 3. The fraction of sp³-hybridized carbons (Fsp3) is 0.267. The Morgan fingerprint density at radius 2 is 1.03 bits per heavy atom. The van der Waals surface area contributed by atoms with Gasteiger partial charge in [0.25, 0.3) is 0 Å². The van der Waals surface area contributed by atoms with Crippen LogP contribution in [0.2, 0.25) is 0 Å². The Kier molecular flexibility index (Phi) is 12.0. The molecule has 2 aliphatic heterocycles. The molecule has 2 aromatic heterocycles. The van der Waals surface area contributed by atoms with Gasteiger partial charge in [0.1, 0.15) is 11.6 Å². The van der Waals surface area contributed by atoms with Gasteiger partial charge in [-0.1, -0.05) is 60.7 Å². The van der Waals surface area contributed by atoms with E-state index in [1.54, 1.807) is 24.3 Å². The van der Waals surface area contributed by atoms with Crippen LogP contribution >= 0.6 is 22.6 Å². The van der Waals surface area contributed by atoms with Crippen molar-refractivity contribution < 1.29 is 28.0 Å². The Hall–Kier alpha value is -7.13. The minimum absolute atomic E-state index is 0.0775. The largest absolute Gasteiger partial charge is 0.350 e. The second-order valence-electron chi connectivity index (χ2n) is 20.5. The van der Waals surface area contributed by atoms with Crippen LogP contribution in [0.1, 0.15) is 74.6 Å². The molecule has 6 aromatic carbocycles. The predicted molar refractivity (Wildman–Crippen MR) is 286 cm³/mol. The minimum atomic E-state index is -0.528. The second kappa shape index (κ2) is 18.7. The maximum atomic E-state index is 14.0. The van der Waals surface area contributed by atoms with Gasteiger partial charge in [-0.05, 0) is 182 Å². The molecule has 8 aromatic rings. The van der Waals surface area contributed by atoms with Crippen LogP contribution in [0.5, 0.6) is 0 Å². The molecule has 368 valence electrons. The summed E-state index contributed by atoms with van der Waals surface area (Å²) in [6, 6.07) is 48.6. The summed E-state index contributed by atoms with van der Waals surface area (Å²) in [7, 11) is 0. The van der Waals surface area contributed by atoms with E-state index in [1.165, 1.54) is 33.2 Å². The molecule has 3 N–H and O–H groups in total. The summed E-state index contributed by atoms with van der Waals surface area (Å²) in [6.45, 7) is 0. The Bertz CT molecular complexity index is 3400. The van der Waals surface area contributed by atoms with Crippen LogP contribution in [0.25, 0.3) is 33.2 Å². The van der Waals surface area contributed by atoms with Crippen molar-refractivity contribution in [3.63, 3.8) is 0 Å². The third kappa shape index (κ3) is 8.99. The van der Waals surface area contributed by atoms with Crippen molar-refractivity contribution in [2.24, 2.45) is 22.7 Å². The van der Waals surface area contributed by atoms with E-state index in [4.69, 9.17) is 0 Å². The molecule has 0 bridgehead atoms. The lowest BCUT2D eigenvalue weighted by atomic mass is 9.91. The standard InChI is InChI=1S/C30H26FN3O2.C16H18N2O2.C14H9FIN/c31-22-8-10-23(11-9-22)33-17-14-21-18-24(12-13-25(21)33)34-26(19-4-2-1-3-5-19)27(30(15-16-30)29(34)36)32-28(35)20-6-7-20;19-14(11-6-7-11)18-13-12(10-4-2-1-3-5-10)17-15(20)16(13)8-9-16;15-11-1-4-13(5-2-11)17-8-7-10-9-12(16)3-6-14(10)17/h1-5,8-14,17-18,20,26-27H,6-7,15-16H2,(H,32,35);1-5,11-13H,6-9H2,(H,17,20)(H,18,19);1-9H/t26-,27-;12-,13-;/m11./s1. The number of rotatable bonds is 9. The first-order valence-corrected chi connectivity index (χ1v) is 26.3. The van der Waals surface area contributed by atoms with Crippen LogP contribution in [0.15, 0.2) is 170 Å². The Balaban J connectivity index is 0.000000123. The van der Waals surface area contributed by atoms with E-state index in [-0.39, 0.29) is 76.7 Å². The molecule has 6 fully saturated rings. The number of hydrogen-bond acceptors (Lipinski definition) is 4. The van der Waals surface area contributed by atoms with E-state index < -0.39 is 5.41 Å². The first kappa shape index (κ1) is 46.9. The summed E-state index contributed by atoms with van der Waals surface area (Å²) in [6.07, 6.45) is 11.2. The lowest BCUT2D eigenvalue weighted by Gasteiger charge is -2.29. The minimum Gasteiger partial charge on any atom is -0.350 e. The molecule has 73 heavy (non-hydrogen) atoms. The summed E-state index contributed by atoms with van der Waals surface area (Å²) < 4.78 is 31.6. The molecule has 10 nitrogen and oxygen atoms in total. The van der Waals surface area contributed by atoms with Gasteiger partial charge in [0, 0.05) is 55.6 Å². The first-order chi connectivity index (χ1) is 35.5. The first-order valence-electron chi connectivity index (χ1n) is 25.2. The second-order valence-corrected chi connectivity index (χ2v) is 21.7. The predicted octanol–water partition coefficient (Wildman–Crippen LogP) is 11.4. The molecule has 4 saturated carbocycles. The molecule has 2 spiro atoms. The average Bonchev–Trinajstić information content (AvgIpc) is 4.21. The molecule has 14 rings (SSSR count). The fourth-order valence-corrected chi connectivity index (χ4v) is 11.6. The van der Waals surface area contributed by atoms with Crippen LogP contribution in [0, 0.1) is 37.9 Å². The van der Waals surface area contributed by atoms with Crippen molar-refractivity contribution in [3.05, 3.63) is 196 Å². The van der Waals surface area contributed by atoms with Gasteiger partial charge in [-0.2, -0.15) is 0 Å². The number of carbonyl (C=O) groups excluding carboxylic acids is 4. The Morgan fingerprint density at radius 1 is 0.548 bits per heavy atom. The Morgan fingerprint density at radius 3 is 1.55 bits per heavy atom. The molecular formula is C60H53F2IN6O4. The van der Waals surface area contributed by atoms with Gasteiger partial charge in [0.15, 0.2) is 0 Å². The van der Waals surface area contributed by atoms with Gasteiger partial charge in [-0.25, -0.2) is 8.78 Å². The van der Waals surface area contributed by atoms with Crippen molar-refractivity contribution in [2.45, 2.75) is 75.5 Å². The maximum Gasteiger partial charge on any atom is 0.236 e. The van der Waals surface area contributed by atoms with Crippen LogP contribution < -0.4 is 20.9 Å². The summed E-state index contributed by atoms with van der Waals surface area (Å²) in [5.41, 5.74) is 6.02.